The lowest BCUT2D eigenvalue weighted by atomic mass is 10.2. The highest BCUT2D eigenvalue weighted by molar-refractivity contribution is 6.33. The molecule has 0 aliphatic carbocycles. The predicted molar refractivity (Wildman–Crippen MR) is 69.1 cm³/mol. The minimum atomic E-state index is 0.660. The first kappa shape index (κ1) is 10.7. The van der Waals surface area contributed by atoms with Crippen LogP contribution in [0.4, 0.5) is 5.69 Å². The maximum absolute atomic E-state index is 5.97. The Balaban J connectivity index is 2.03. The maximum Gasteiger partial charge on any atom is 0.0748 e. The van der Waals surface area contributed by atoms with Crippen molar-refractivity contribution in [3.63, 3.8) is 0 Å². The van der Waals surface area contributed by atoms with Crippen LogP contribution in [-0.4, -0.2) is 6.21 Å². The molecule has 0 unspecified atom stereocenters. The smallest absolute Gasteiger partial charge is 0.0748 e. The van der Waals surface area contributed by atoms with E-state index in [0.717, 1.165) is 11.3 Å². The van der Waals surface area contributed by atoms with Crippen molar-refractivity contribution in [3.8, 4) is 0 Å². The second-order valence-corrected chi connectivity index (χ2v) is 3.67. The zero-order chi connectivity index (χ0) is 11.2. The van der Waals surface area contributed by atoms with Crippen molar-refractivity contribution < 1.29 is 0 Å². The van der Waals surface area contributed by atoms with Crippen LogP contribution in [0.25, 0.3) is 0 Å². The molecule has 2 aromatic carbocycles. The minimum Gasteiger partial charge on any atom is -0.277 e. The Morgan fingerprint density at radius 3 is 2.38 bits per heavy atom. The number of benzene rings is 2. The fourth-order valence-corrected chi connectivity index (χ4v) is 1.45. The molecular formula is C13H11ClN2. The van der Waals surface area contributed by atoms with Gasteiger partial charge in [0.15, 0.2) is 0 Å². The summed E-state index contributed by atoms with van der Waals surface area (Å²) in [6.07, 6.45) is 1.75. The molecule has 0 aromatic heterocycles. The number of nitrogens with zero attached hydrogens (tertiary/aromatic N) is 1. The third kappa shape index (κ3) is 2.84. The van der Waals surface area contributed by atoms with Crippen molar-refractivity contribution in [1.82, 2.24) is 0 Å². The molecule has 0 heterocycles. The van der Waals surface area contributed by atoms with Crippen LogP contribution in [0.2, 0.25) is 5.02 Å². The highest BCUT2D eigenvalue weighted by Crippen LogP contribution is 2.19. The van der Waals surface area contributed by atoms with E-state index in [1.54, 1.807) is 6.21 Å². The molecule has 2 aromatic rings. The second kappa shape index (κ2) is 5.33. The Morgan fingerprint density at radius 2 is 1.62 bits per heavy atom. The third-order valence-electron chi connectivity index (χ3n) is 2.07. The zero-order valence-electron chi connectivity index (χ0n) is 8.60. The van der Waals surface area contributed by atoms with Crippen molar-refractivity contribution in [2.45, 2.75) is 0 Å². The average Bonchev–Trinajstić information content (AvgIpc) is 2.33. The van der Waals surface area contributed by atoms with E-state index in [0.29, 0.717) is 5.02 Å². The molecule has 2 rings (SSSR count). The number of halogens is 1. The first-order chi connectivity index (χ1) is 7.86. The number of anilines is 1. The highest BCUT2D eigenvalue weighted by Gasteiger charge is 1.94. The van der Waals surface area contributed by atoms with Gasteiger partial charge < -0.3 is 0 Å². The molecule has 0 radical (unpaired) electrons. The summed E-state index contributed by atoms with van der Waals surface area (Å²) >= 11 is 5.97. The van der Waals surface area contributed by atoms with Crippen molar-refractivity contribution >= 4 is 23.5 Å². The van der Waals surface area contributed by atoms with Gasteiger partial charge in [0.25, 0.3) is 0 Å². The summed E-state index contributed by atoms with van der Waals surface area (Å²) in [5.41, 5.74) is 4.74. The van der Waals surface area contributed by atoms with Crippen LogP contribution in [-0.2, 0) is 0 Å². The van der Waals surface area contributed by atoms with E-state index in [1.165, 1.54) is 0 Å². The first-order valence-electron chi connectivity index (χ1n) is 4.95. The molecule has 0 saturated heterocycles. The third-order valence-corrected chi connectivity index (χ3v) is 2.40. The van der Waals surface area contributed by atoms with Crippen LogP contribution in [0.5, 0.6) is 0 Å². The molecular weight excluding hydrogens is 220 g/mol. The lowest BCUT2D eigenvalue weighted by Gasteiger charge is -2.01. The summed E-state index contributed by atoms with van der Waals surface area (Å²) in [4.78, 5) is 0. The fourth-order valence-electron chi connectivity index (χ4n) is 1.27. The van der Waals surface area contributed by atoms with E-state index in [1.807, 2.05) is 54.6 Å². The summed E-state index contributed by atoms with van der Waals surface area (Å²) in [7, 11) is 0. The van der Waals surface area contributed by atoms with Gasteiger partial charge in [-0.2, -0.15) is 5.10 Å². The summed E-state index contributed by atoms with van der Waals surface area (Å²) in [5, 5.41) is 4.77. The summed E-state index contributed by atoms with van der Waals surface area (Å²) in [5.74, 6) is 0. The van der Waals surface area contributed by atoms with Gasteiger partial charge in [-0.15, -0.1) is 0 Å². The standard InChI is InChI=1S/C13H11ClN2/c14-12-8-4-5-9-13(12)16-15-10-11-6-2-1-3-7-11/h1-10,16H/b15-10+. The molecule has 0 amide bonds. The topological polar surface area (TPSA) is 24.4 Å². The minimum absolute atomic E-state index is 0.660. The van der Waals surface area contributed by atoms with Gasteiger partial charge >= 0.3 is 0 Å². The van der Waals surface area contributed by atoms with Crippen LogP contribution in [0.1, 0.15) is 5.56 Å². The van der Waals surface area contributed by atoms with Crippen molar-refractivity contribution in [2.75, 3.05) is 5.43 Å². The Morgan fingerprint density at radius 1 is 0.938 bits per heavy atom. The number of hydrogen-bond donors (Lipinski definition) is 1. The first-order valence-corrected chi connectivity index (χ1v) is 5.33. The van der Waals surface area contributed by atoms with E-state index in [4.69, 9.17) is 11.6 Å². The lowest BCUT2D eigenvalue weighted by Crippen LogP contribution is -1.90. The normalized spacial score (nSPS) is 10.6. The van der Waals surface area contributed by atoms with Crippen molar-refractivity contribution in [2.24, 2.45) is 5.10 Å². The van der Waals surface area contributed by atoms with Gasteiger partial charge in [0, 0.05) is 0 Å². The van der Waals surface area contributed by atoms with E-state index in [9.17, 15) is 0 Å². The monoisotopic (exact) mass is 230 g/mol. The molecule has 2 nitrogen and oxygen atoms in total. The molecule has 0 bridgehead atoms. The van der Waals surface area contributed by atoms with Gasteiger partial charge in [0.1, 0.15) is 0 Å². The van der Waals surface area contributed by atoms with Crippen LogP contribution >= 0.6 is 11.6 Å². The maximum atomic E-state index is 5.97. The molecule has 0 atom stereocenters. The SMILES string of the molecule is Clc1ccccc1N/N=C/c1ccccc1. The molecule has 0 aliphatic heterocycles. The van der Waals surface area contributed by atoms with Gasteiger partial charge in [-0.3, -0.25) is 5.43 Å². The number of nitrogens with one attached hydrogen (secondary N) is 1. The molecule has 0 spiro atoms. The second-order valence-electron chi connectivity index (χ2n) is 3.26. The largest absolute Gasteiger partial charge is 0.277 e. The molecule has 0 fully saturated rings. The quantitative estimate of drug-likeness (QED) is 0.630. The fraction of sp³-hybridized carbons (Fsp3) is 0. The van der Waals surface area contributed by atoms with E-state index in [2.05, 4.69) is 10.5 Å². The summed E-state index contributed by atoms with van der Waals surface area (Å²) < 4.78 is 0. The Bertz CT molecular complexity index is 480. The summed E-state index contributed by atoms with van der Waals surface area (Å²) in [6, 6.07) is 17.4. The average molecular weight is 231 g/mol. The number of para-hydroxylation sites is 1. The van der Waals surface area contributed by atoms with Crippen LogP contribution in [0.3, 0.4) is 0 Å². The van der Waals surface area contributed by atoms with Crippen LogP contribution in [0.15, 0.2) is 59.7 Å². The predicted octanol–water partition coefficient (Wildman–Crippen LogP) is 3.79. The van der Waals surface area contributed by atoms with Crippen molar-refractivity contribution in [1.29, 1.82) is 0 Å². The Labute approximate surface area is 99.6 Å². The number of hydrazone groups is 1. The molecule has 1 N–H and O–H groups in total. The van der Waals surface area contributed by atoms with Crippen molar-refractivity contribution in [3.05, 3.63) is 65.2 Å². The zero-order valence-corrected chi connectivity index (χ0v) is 9.35. The van der Waals surface area contributed by atoms with Crippen LogP contribution in [0, 0.1) is 0 Å². The lowest BCUT2D eigenvalue weighted by molar-refractivity contribution is 1.35. The molecule has 80 valence electrons. The Hall–Kier alpha value is -1.80. The van der Waals surface area contributed by atoms with E-state index < -0.39 is 0 Å². The van der Waals surface area contributed by atoms with Gasteiger partial charge in [-0.1, -0.05) is 54.1 Å². The molecule has 16 heavy (non-hydrogen) atoms. The molecule has 0 aliphatic rings. The van der Waals surface area contributed by atoms with E-state index >= 15 is 0 Å². The summed E-state index contributed by atoms with van der Waals surface area (Å²) in [6.45, 7) is 0. The number of hydrogen-bond acceptors (Lipinski definition) is 2. The van der Waals surface area contributed by atoms with E-state index in [-0.39, 0.29) is 0 Å². The Kier molecular flexibility index (Phi) is 3.57. The highest BCUT2D eigenvalue weighted by atomic mass is 35.5. The number of rotatable bonds is 3. The van der Waals surface area contributed by atoms with Crippen LogP contribution < -0.4 is 5.43 Å². The van der Waals surface area contributed by atoms with Gasteiger partial charge in [-0.25, -0.2) is 0 Å². The van der Waals surface area contributed by atoms with Gasteiger partial charge in [0.05, 0.1) is 16.9 Å². The molecule has 0 saturated carbocycles. The van der Waals surface area contributed by atoms with Gasteiger partial charge in [-0.05, 0) is 17.7 Å². The van der Waals surface area contributed by atoms with Gasteiger partial charge in [0.2, 0.25) is 0 Å². The molecule has 3 heteroatoms.